The van der Waals surface area contributed by atoms with Gasteiger partial charge in [0.1, 0.15) is 5.60 Å². The van der Waals surface area contributed by atoms with Crippen molar-refractivity contribution in [2.45, 2.75) is 18.4 Å². The normalized spacial score (nSPS) is 23.3. The monoisotopic (exact) mass is 265 g/mol. The van der Waals surface area contributed by atoms with Crippen molar-refractivity contribution in [1.82, 2.24) is 4.90 Å². The van der Waals surface area contributed by atoms with Gasteiger partial charge >= 0.3 is 0 Å². The van der Waals surface area contributed by atoms with Gasteiger partial charge in [-0.05, 0) is 18.2 Å². The standard InChI is InChI=1S/C14H19NO2S/c1-18-10-7-13(16)15-9-8-14(17,11-15)12-5-3-2-4-6-12/h2-6,17H,7-11H2,1H3/t14-/m0/s1. The van der Waals surface area contributed by atoms with Gasteiger partial charge in [-0.25, -0.2) is 0 Å². The van der Waals surface area contributed by atoms with Crippen LogP contribution in [0.25, 0.3) is 0 Å². The lowest BCUT2D eigenvalue weighted by molar-refractivity contribution is -0.130. The van der Waals surface area contributed by atoms with E-state index < -0.39 is 5.60 Å². The number of likely N-dealkylation sites (tertiary alicyclic amines) is 1. The van der Waals surface area contributed by atoms with Crippen molar-refractivity contribution in [2.24, 2.45) is 0 Å². The summed E-state index contributed by atoms with van der Waals surface area (Å²) >= 11 is 1.68. The second-order valence-electron chi connectivity index (χ2n) is 4.71. The molecule has 1 N–H and O–H groups in total. The fraction of sp³-hybridized carbons (Fsp3) is 0.500. The van der Waals surface area contributed by atoms with Crippen LogP contribution in [0.15, 0.2) is 30.3 Å². The Morgan fingerprint density at radius 2 is 2.17 bits per heavy atom. The van der Waals surface area contributed by atoms with Gasteiger partial charge in [0.15, 0.2) is 0 Å². The summed E-state index contributed by atoms with van der Waals surface area (Å²) in [4.78, 5) is 13.7. The molecular weight excluding hydrogens is 246 g/mol. The number of amides is 1. The topological polar surface area (TPSA) is 40.5 Å². The minimum Gasteiger partial charge on any atom is -0.383 e. The molecule has 1 aliphatic heterocycles. The molecule has 0 aliphatic carbocycles. The van der Waals surface area contributed by atoms with Crippen LogP contribution in [-0.4, -0.2) is 41.0 Å². The number of carbonyl (C=O) groups is 1. The minimum absolute atomic E-state index is 0.149. The first-order chi connectivity index (χ1) is 8.65. The van der Waals surface area contributed by atoms with Gasteiger partial charge < -0.3 is 10.0 Å². The zero-order valence-corrected chi connectivity index (χ0v) is 11.4. The van der Waals surface area contributed by atoms with Gasteiger partial charge in [0.05, 0.1) is 6.54 Å². The molecule has 1 amide bonds. The average molecular weight is 265 g/mol. The molecule has 1 heterocycles. The van der Waals surface area contributed by atoms with E-state index in [0.717, 1.165) is 11.3 Å². The fourth-order valence-electron chi connectivity index (χ4n) is 2.34. The zero-order valence-electron chi connectivity index (χ0n) is 10.6. The maximum absolute atomic E-state index is 11.9. The highest BCUT2D eigenvalue weighted by Gasteiger charge is 2.39. The van der Waals surface area contributed by atoms with E-state index in [-0.39, 0.29) is 5.91 Å². The van der Waals surface area contributed by atoms with Crippen LogP contribution in [0.3, 0.4) is 0 Å². The Kier molecular flexibility index (Phi) is 4.30. The van der Waals surface area contributed by atoms with Crippen LogP contribution in [0, 0.1) is 0 Å². The number of carbonyl (C=O) groups excluding carboxylic acids is 1. The van der Waals surface area contributed by atoms with Crippen LogP contribution in [-0.2, 0) is 10.4 Å². The molecule has 1 aliphatic rings. The number of nitrogens with zero attached hydrogens (tertiary/aromatic N) is 1. The molecule has 1 aromatic rings. The summed E-state index contributed by atoms with van der Waals surface area (Å²) < 4.78 is 0. The molecule has 18 heavy (non-hydrogen) atoms. The largest absolute Gasteiger partial charge is 0.383 e. The predicted molar refractivity (Wildman–Crippen MR) is 74.5 cm³/mol. The zero-order chi connectivity index (χ0) is 13.0. The summed E-state index contributed by atoms with van der Waals surface area (Å²) in [5.41, 5.74) is 0.0428. The molecule has 2 rings (SSSR count). The smallest absolute Gasteiger partial charge is 0.223 e. The van der Waals surface area contributed by atoms with E-state index in [9.17, 15) is 9.90 Å². The van der Waals surface area contributed by atoms with Crippen molar-refractivity contribution < 1.29 is 9.90 Å². The molecule has 98 valence electrons. The summed E-state index contributed by atoms with van der Waals surface area (Å²) in [6.45, 7) is 1.07. The number of hydrogen-bond acceptors (Lipinski definition) is 3. The van der Waals surface area contributed by atoms with E-state index in [1.807, 2.05) is 36.6 Å². The Morgan fingerprint density at radius 1 is 1.44 bits per heavy atom. The molecule has 0 spiro atoms. The molecule has 3 nitrogen and oxygen atoms in total. The molecule has 0 bridgehead atoms. The number of hydrogen-bond donors (Lipinski definition) is 1. The van der Waals surface area contributed by atoms with Crippen molar-refractivity contribution in [2.75, 3.05) is 25.1 Å². The van der Waals surface area contributed by atoms with E-state index in [4.69, 9.17) is 0 Å². The molecule has 0 saturated carbocycles. The van der Waals surface area contributed by atoms with Gasteiger partial charge in [-0.3, -0.25) is 4.79 Å². The van der Waals surface area contributed by atoms with Crippen molar-refractivity contribution in [3.63, 3.8) is 0 Å². The second kappa shape index (κ2) is 5.76. The fourth-order valence-corrected chi connectivity index (χ4v) is 2.72. The SMILES string of the molecule is CSCCC(=O)N1CC[C@@](O)(c2ccccc2)C1. The third-order valence-electron chi connectivity index (χ3n) is 3.43. The van der Waals surface area contributed by atoms with Crippen LogP contribution < -0.4 is 0 Å². The molecule has 0 unspecified atom stereocenters. The summed E-state index contributed by atoms with van der Waals surface area (Å²) in [5.74, 6) is 0.996. The lowest BCUT2D eigenvalue weighted by Gasteiger charge is -2.24. The highest BCUT2D eigenvalue weighted by molar-refractivity contribution is 7.98. The minimum atomic E-state index is -0.865. The van der Waals surface area contributed by atoms with Crippen LogP contribution >= 0.6 is 11.8 Å². The Balaban J connectivity index is 2.01. The summed E-state index contributed by atoms with van der Waals surface area (Å²) in [6.07, 6.45) is 3.19. The van der Waals surface area contributed by atoms with Crippen LogP contribution in [0.2, 0.25) is 0 Å². The lowest BCUT2D eigenvalue weighted by Crippen LogP contribution is -2.34. The van der Waals surface area contributed by atoms with E-state index in [0.29, 0.717) is 25.9 Å². The third kappa shape index (κ3) is 2.87. The van der Waals surface area contributed by atoms with Crippen LogP contribution in [0.4, 0.5) is 0 Å². The third-order valence-corrected chi connectivity index (χ3v) is 4.04. The Labute approximate surface area is 112 Å². The summed E-state index contributed by atoms with van der Waals surface area (Å²) in [6, 6.07) is 9.63. The predicted octanol–water partition coefficient (Wildman–Crippen LogP) is 1.86. The maximum Gasteiger partial charge on any atom is 0.223 e. The van der Waals surface area contributed by atoms with E-state index in [1.54, 1.807) is 16.7 Å². The van der Waals surface area contributed by atoms with Crippen molar-refractivity contribution in [3.05, 3.63) is 35.9 Å². The molecule has 1 atom stereocenters. The van der Waals surface area contributed by atoms with Crippen LogP contribution in [0.1, 0.15) is 18.4 Å². The van der Waals surface area contributed by atoms with Gasteiger partial charge in [-0.15, -0.1) is 0 Å². The first-order valence-electron chi connectivity index (χ1n) is 6.20. The van der Waals surface area contributed by atoms with E-state index in [1.165, 1.54) is 0 Å². The Hall–Kier alpha value is -1.00. The molecule has 1 fully saturated rings. The molecular formula is C14H19NO2S. The summed E-state index contributed by atoms with van der Waals surface area (Å²) in [5, 5.41) is 10.6. The second-order valence-corrected chi connectivity index (χ2v) is 5.69. The molecule has 1 saturated heterocycles. The highest BCUT2D eigenvalue weighted by Crippen LogP contribution is 2.31. The molecule has 1 aromatic carbocycles. The maximum atomic E-state index is 11.9. The number of aliphatic hydroxyl groups is 1. The number of thioether (sulfide) groups is 1. The van der Waals surface area contributed by atoms with E-state index >= 15 is 0 Å². The number of β-amino-alcohol motifs (C(OH)–C–C–N with tert-alkyl or cyclic N) is 1. The molecule has 0 aromatic heterocycles. The van der Waals surface area contributed by atoms with Gasteiger partial charge in [0, 0.05) is 18.7 Å². The Morgan fingerprint density at radius 3 is 2.83 bits per heavy atom. The number of benzene rings is 1. The first kappa shape index (κ1) is 13.4. The lowest BCUT2D eigenvalue weighted by atomic mass is 9.93. The van der Waals surface area contributed by atoms with Crippen molar-refractivity contribution in [1.29, 1.82) is 0 Å². The number of rotatable bonds is 4. The van der Waals surface area contributed by atoms with Crippen molar-refractivity contribution in [3.8, 4) is 0 Å². The summed E-state index contributed by atoms with van der Waals surface area (Å²) in [7, 11) is 0. The van der Waals surface area contributed by atoms with E-state index in [2.05, 4.69) is 0 Å². The molecule has 4 heteroatoms. The molecule has 0 radical (unpaired) electrons. The van der Waals surface area contributed by atoms with Gasteiger partial charge in [0.2, 0.25) is 5.91 Å². The quantitative estimate of drug-likeness (QED) is 0.903. The first-order valence-corrected chi connectivity index (χ1v) is 7.60. The van der Waals surface area contributed by atoms with Gasteiger partial charge in [0.25, 0.3) is 0 Å². The Bertz CT molecular complexity index is 410. The van der Waals surface area contributed by atoms with Crippen molar-refractivity contribution >= 4 is 17.7 Å². The average Bonchev–Trinajstić information content (AvgIpc) is 2.81. The van der Waals surface area contributed by atoms with Crippen LogP contribution in [0.5, 0.6) is 0 Å². The highest BCUT2D eigenvalue weighted by atomic mass is 32.2. The van der Waals surface area contributed by atoms with Gasteiger partial charge in [-0.1, -0.05) is 30.3 Å². The van der Waals surface area contributed by atoms with Gasteiger partial charge in [-0.2, -0.15) is 11.8 Å².